The molecule has 0 aliphatic heterocycles. The highest BCUT2D eigenvalue weighted by molar-refractivity contribution is 7.98. The van der Waals surface area contributed by atoms with Crippen molar-refractivity contribution in [2.24, 2.45) is 5.73 Å². The predicted octanol–water partition coefficient (Wildman–Crippen LogP) is 7.64. The highest BCUT2D eigenvalue weighted by atomic mass is 35.5. The highest BCUT2D eigenvalue weighted by Gasteiger charge is 2.29. The van der Waals surface area contributed by atoms with E-state index in [1.807, 2.05) is 18.4 Å². The fourth-order valence-corrected chi connectivity index (χ4v) is 5.20. The number of imidazole rings is 1. The molecule has 3 rings (SSSR count). The molecule has 2 N–H and O–H groups in total. The summed E-state index contributed by atoms with van der Waals surface area (Å²) in [5.41, 5.74) is 7.51. The van der Waals surface area contributed by atoms with Crippen molar-refractivity contribution in [1.82, 2.24) is 9.55 Å². The van der Waals surface area contributed by atoms with E-state index in [1.165, 1.54) is 42.1 Å². The van der Waals surface area contributed by atoms with Crippen LogP contribution in [-0.2, 0) is 17.7 Å². The van der Waals surface area contributed by atoms with Crippen molar-refractivity contribution in [2.45, 2.75) is 36.7 Å². The van der Waals surface area contributed by atoms with Crippen LogP contribution in [0.25, 0.3) is 0 Å². The van der Waals surface area contributed by atoms with Crippen molar-refractivity contribution < 1.29 is 13.6 Å². The number of nitrogens with zero attached hydrogens (tertiary/aromatic N) is 2. The van der Waals surface area contributed by atoms with E-state index < -0.39 is 23.0 Å². The number of benzene rings is 2. The summed E-state index contributed by atoms with van der Waals surface area (Å²) in [5, 5.41) is 1.27. The highest BCUT2D eigenvalue weighted by Crippen LogP contribution is 2.36. The predicted molar refractivity (Wildman–Crippen MR) is 144 cm³/mol. The topological polar surface area (TPSA) is 60.9 Å². The Hall–Kier alpha value is -2.87. The molecule has 0 atom stereocenters. The molecule has 0 aliphatic rings. The summed E-state index contributed by atoms with van der Waals surface area (Å²) in [5.74, 6) is -0.969. The Bertz CT molecular complexity index is 1350. The first-order chi connectivity index (χ1) is 17.0. The average molecular weight is 548 g/mol. The number of primary amides is 1. The molecule has 0 radical (unpaired) electrons. The van der Waals surface area contributed by atoms with Gasteiger partial charge in [-0.05, 0) is 47.5 Å². The van der Waals surface area contributed by atoms with Gasteiger partial charge in [0.15, 0.2) is 5.16 Å². The van der Waals surface area contributed by atoms with Crippen LogP contribution < -0.4 is 5.73 Å². The summed E-state index contributed by atoms with van der Waals surface area (Å²) in [4.78, 5) is 16.2. The maximum absolute atomic E-state index is 13.9. The Morgan fingerprint density at radius 3 is 2.61 bits per heavy atom. The van der Waals surface area contributed by atoms with Crippen LogP contribution in [0.3, 0.4) is 0 Å². The molecule has 0 bridgehead atoms. The average Bonchev–Trinajstić information content (AvgIpc) is 3.22. The number of carbonyl (C=O) groups excluding carboxylic acids is 1. The third kappa shape index (κ3) is 6.46. The minimum atomic E-state index is -0.604. The molecule has 9 heteroatoms. The number of nitrogens with two attached hydrogens (primary N) is 1. The summed E-state index contributed by atoms with van der Waals surface area (Å²) in [6, 6.07) is 9.39. The molecule has 3 aromatic rings. The number of amides is 1. The lowest BCUT2D eigenvalue weighted by molar-refractivity contribution is 0.100. The number of thioether (sulfide) groups is 1. The van der Waals surface area contributed by atoms with Gasteiger partial charge < -0.3 is 10.3 Å². The fraction of sp³-hybridized carbons (Fsp3) is 0.185. The van der Waals surface area contributed by atoms with Crippen molar-refractivity contribution in [1.29, 1.82) is 0 Å². The second-order valence-electron chi connectivity index (χ2n) is 8.43. The zero-order chi connectivity index (χ0) is 26.5. The van der Waals surface area contributed by atoms with E-state index in [4.69, 9.17) is 28.9 Å². The van der Waals surface area contributed by atoms with Crippen LogP contribution in [0.5, 0.6) is 0 Å². The molecule has 0 aliphatic carbocycles. The second-order valence-corrected chi connectivity index (χ2v) is 10.2. The van der Waals surface area contributed by atoms with Crippen LogP contribution in [0.15, 0.2) is 84.5 Å². The van der Waals surface area contributed by atoms with Gasteiger partial charge in [0.1, 0.15) is 11.6 Å². The van der Waals surface area contributed by atoms with Crippen molar-refractivity contribution >= 4 is 40.9 Å². The van der Waals surface area contributed by atoms with Gasteiger partial charge in [-0.25, -0.2) is 13.8 Å². The summed E-state index contributed by atoms with van der Waals surface area (Å²) in [7, 11) is 0. The lowest BCUT2D eigenvalue weighted by atomic mass is 9.81. The molecule has 4 nitrogen and oxygen atoms in total. The number of allylic oxidation sites excluding steroid dienone is 5. The van der Waals surface area contributed by atoms with E-state index in [9.17, 15) is 13.6 Å². The van der Waals surface area contributed by atoms with Crippen molar-refractivity contribution in [2.75, 3.05) is 0 Å². The zero-order valence-corrected chi connectivity index (χ0v) is 22.1. The van der Waals surface area contributed by atoms with Crippen LogP contribution in [0.1, 0.15) is 41.0 Å². The first-order valence-electron chi connectivity index (χ1n) is 10.9. The smallest absolute Gasteiger partial charge is 0.250 e. The molecule has 0 saturated carbocycles. The Morgan fingerprint density at radius 2 is 1.97 bits per heavy atom. The SMILES string of the molecule is C=C/C=C(F)\C=C/Cn1c(C(C)(C)c2ccc(C(N)=O)c(Cl)c2)cnc1SCc1ccc(F)cc1Cl. The van der Waals surface area contributed by atoms with Gasteiger partial charge in [-0.3, -0.25) is 4.79 Å². The van der Waals surface area contributed by atoms with Crippen LogP contribution in [0.2, 0.25) is 10.0 Å². The first kappa shape index (κ1) is 27.7. The van der Waals surface area contributed by atoms with E-state index in [1.54, 1.807) is 36.5 Å². The largest absolute Gasteiger partial charge is 0.366 e. The number of carbonyl (C=O) groups is 1. The van der Waals surface area contributed by atoms with Gasteiger partial charge >= 0.3 is 0 Å². The molecular formula is C27H25Cl2F2N3OS. The van der Waals surface area contributed by atoms with Gasteiger partial charge in [0, 0.05) is 28.4 Å². The monoisotopic (exact) mass is 547 g/mol. The molecule has 0 fully saturated rings. The standard InChI is InChI=1S/C27H25Cl2F2N3OS/c1-4-6-19(30)7-5-12-34-24(27(2,3)18-9-11-21(25(32)35)23(29)13-18)15-33-26(34)36-16-17-8-10-20(31)14-22(17)28/h4-11,13-15H,1,12,16H2,2-3H3,(H2,32,35)/b7-5-,19-6+. The van der Waals surface area contributed by atoms with Gasteiger partial charge in [0.2, 0.25) is 5.91 Å². The minimum absolute atomic E-state index is 0.240. The molecular weight excluding hydrogens is 523 g/mol. The van der Waals surface area contributed by atoms with E-state index in [0.29, 0.717) is 22.5 Å². The molecule has 0 saturated heterocycles. The Labute approximate surface area is 223 Å². The van der Waals surface area contributed by atoms with Crippen molar-refractivity contribution in [3.8, 4) is 0 Å². The number of aromatic nitrogens is 2. The third-order valence-corrected chi connectivity index (χ3v) is 7.33. The summed E-state index contributed by atoms with van der Waals surface area (Å²) >= 11 is 13.9. The summed E-state index contributed by atoms with van der Waals surface area (Å²) in [6.45, 7) is 7.84. The Balaban J connectivity index is 1.99. The van der Waals surface area contributed by atoms with Gasteiger partial charge in [0.25, 0.3) is 0 Å². The Kier molecular flexibility index (Phi) is 9.17. The number of hydrogen-bond donors (Lipinski definition) is 1. The molecule has 2 aromatic carbocycles. The second kappa shape index (κ2) is 11.9. The van der Waals surface area contributed by atoms with Crippen molar-refractivity contribution in [3.63, 3.8) is 0 Å². The minimum Gasteiger partial charge on any atom is -0.366 e. The normalized spacial score (nSPS) is 12.3. The van der Waals surface area contributed by atoms with Gasteiger partial charge in [-0.1, -0.05) is 79.7 Å². The number of halogens is 4. The van der Waals surface area contributed by atoms with E-state index >= 15 is 0 Å². The molecule has 36 heavy (non-hydrogen) atoms. The van der Waals surface area contributed by atoms with E-state index in [-0.39, 0.29) is 10.6 Å². The van der Waals surface area contributed by atoms with Crippen LogP contribution in [0, 0.1) is 5.82 Å². The van der Waals surface area contributed by atoms with Crippen LogP contribution in [-0.4, -0.2) is 15.5 Å². The van der Waals surface area contributed by atoms with E-state index in [0.717, 1.165) is 16.8 Å². The van der Waals surface area contributed by atoms with Gasteiger partial charge in [0.05, 0.1) is 16.8 Å². The van der Waals surface area contributed by atoms with Gasteiger partial charge in [-0.2, -0.15) is 0 Å². The zero-order valence-electron chi connectivity index (χ0n) is 19.8. The fourth-order valence-electron chi connectivity index (χ4n) is 3.62. The molecule has 1 heterocycles. The quantitative estimate of drug-likeness (QED) is 0.209. The van der Waals surface area contributed by atoms with Crippen LogP contribution >= 0.6 is 35.0 Å². The summed E-state index contributed by atoms with van der Waals surface area (Å²) < 4.78 is 29.3. The molecule has 0 unspecified atom stereocenters. The third-order valence-electron chi connectivity index (χ3n) is 5.63. The molecule has 1 amide bonds. The number of rotatable bonds is 10. The first-order valence-corrected chi connectivity index (χ1v) is 12.7. The van der Waals surface area contributed by atoms with Gasteiger partial charge in [-0.15, -0.1) is 0 Å². The maximum Gasteiger partial charge on any atom is 0.250 e. The van der Waals surface area contributed by atoms with E-state index in [2.05, 4.69) is 11.6 Å². The molecule has 1 aromatic heterocycles. The lowest BCUT2D eigenvalue weighted by Crippen LogP contribution is -2.24. The molecule has 188 valence electrons. The van der Waals surface area contributed by atoms with Crippen LogP contribution in [0.4, 0.5) is 8.78 Å². The maximum atomic E-state index is 13.9. The lowest BCUT2D eigenvalue weighted by Gasteiger charge is -2.27. The molecule has 0 spiro atoms. The Morgan fingerprint density at radius 1 is 1.22 bits per heavy atom. The summed E-state index contributed by atoms with van der Waals surface area (Å²) in [6.07, 6.45) is 7.45. The van der Waals surface area contributed by atoms with Crippen molar-refractivity contribution in [3.05, 3.63) is 118 Å². The number of hydrogen-bond acceptors (Lipinski definition) is 3.